The number of esters is 1. The van der Waals surface area contributed by atoms with Crippen LogP contribution in [0.2, 0.25) is 0 Å². The van der Waals surface area contributed by atoms with Crippen LogP contribution >= 0.6 is 0 Å². The van der Waals surface area contributed by atoms with Crippen molar-refractivity contribution in [2.75, 3.05) is 19.0 Å². The third-order valence-corrected chi connectivity index (χ3v) is 2.64. The van der Waals surface area contributed by atoms with Crippen LogP contribution in [0.1, 0.15) is 12.5 Å². The molecule has 1 aliphatic rings. The Kier molecular flexibility index (Phi) is 2.99. The van der Waals surface area contributed by atoms with Crippen LogP contribution in [0.25, 0.3) is 0 Å². The zero-order valence-corrected chi connectivity index (χ0v) is 9.45. The molecule has 4 heteroatoms. The largest absolute Gasteiger partial charge is 0.497 e. The highest BCUT2D eigenvalue weighted by Gasteiger charge is 2.27. The first-order valence-corrected chi connectivity index (χ1v) is 5.34. The van der Waals surface area contributed by atoms with E-state index in [-0.39, 0.29) is 12.0 Å². The minimum absolute atomic E-state index is 0.197. The van der Waals surface area contributed by atoms with Gasteiger partial charge in [-0.2, -0.15) is 0 Å². The number of ether oxygens (including phenoxy) is 2. The Morgan fingerprint density at radius 3 is 3.06 bits per heavy atom. The first kappa shape index (κ1) is 10.8. The Morgan fingerprint density at radius 1 is 1.56 bits per heavy atom. The SMILES string of the molecule is CCOC(=O)C1Cc2ccc(OC)cc2N1. The predicted octanol–water partition coefficient (Wildman–Crippen LogP) is 1.59. The van der Waals surface area contributed by atoms with Gasteiger partial charge in [-0.25, -0.2) is 4.79 Å². The maximum Gasteiger partial charge on any atom is 0.328 e. The summed E-state index contributed by atoms with van der Waals surface area (Å²) in [7, 11) is 1.62. The van der Waals surface area contributed by atoms with Gasteiger partial charge in [0, 0.05) is 18.2 Å². The third-order valence-electron chi connectivity index (χ3n) is 2.64. The second-order valence-electron chi connectivity index (χ2n) is 3.68. The minimum atomic E-state index is -0.262. The van der Waals surface area contributed by atoms with E-state index < -0.39 is 0 Å². The van der Waals surface area contributed by atoms with Crippen LogP contribution in [-0.4, -0.2) is 25.7 Å². The van der Waals surface area contributed by atoms with E-state index in [1.807, 2.05) is 25.1 Å². The summed E-state index contributed by atoms with van der Waals surface area (Å²) in [5.74, 6) is 0.591. The number of methoxy groups -OCH3 is 1. The van der Waals surface area contributed by atoms with Crippen LogP contribution in [0.3, 0.4) is 0 Å². The highest BCUT2D eigenvalue weighted by molar-refractivity contribution is 5.83. The highest BCUT2D eigenvalue weighted by Crippen LogP contribution is 2.29. The van der Waals surface area contributed by atoms with Crippen LogP contribution in [0.5, 0.6) is 5.75 Å². The third kappa shape index (κ3) is 1.96. The van der Waals surface area contributed by atoms with Crippen LogP contribution in [0, 0.1) is 0 Å². The van der Waals surface area contributed by atoms with Crippen LogP contribution in [0.15, 0.2) is 18.2 Å². The summed E-state index contributed by atoms with van der Waals surface area (Å²) in [6.45, 7) is 2.22. The lowest BCUT2D eigenvalue weighted by atomic mass is 10.1. The molecule has 0 aromatic heterocycles. The average molecular weight is 221 g/mol. The normalized spacial score (nSPS) is 17.5. The fourth-order valence-electron chi connectivity index (χ4n) is 1.84. The van der Waals surface area contributed by atoms with Gasteiger partial charge in [0.25, 0.3) is 0 Å². The van der Waals surface area contributed by atoms with E-state index in [2.05, 4.69) is 5.32 Å². The molecule has 1 heterocycles. The van der Waals surface area contributed by atoms with Gasteiger partial charge in [0.1, 0.15) is 11.8 Å². The Morgan fingerprint density at radius 2 is 2.38 bits per heavy atom. The van der Waals surface area contributed by atoms with Crippen molar-refractivity contribution in [3.05, 3.63) is 23.8 Å². The Hall–Kier alpha value is -1.71. The van der Waals surface area contributed by atoms with E-state index in [0.29, 0.717) is 13.0 Å². The summed E-state index contributed by atoms with van der Waals surface area (Å²) in [6, 6.07) is 5.50. The van der Waals surface area contributed by atoms with Gasteiger partial charge in [-0.15, -0.1) is 0 Å². The lowest BCUT2D eigenvalue weighted by Crippen LogP contribution is -2.28. The topological polar surface area (TPSA) is 47.6 Å². The van der Waals surface area contributed by atoms with Crippen LogP contribution in [0.4, 0.5) is 5.69 Å². The zero-order chi connectivity index (χ0) is 11.5. The number of anilines is 1. The Bertz CT molecular complexity index is 403. The molecule has 4 nitrogen and oxygen atoms in total. The lowest BCUT2D eigenvalue weighted by molar-refractivity contribution is -0.143. The quantitative estimate of drug-likeness (QED) is 0.787. The summed E-state index contributed by atoms with van der Waals surface area (Å²) in [5.41, 5.74) is 2.08. The van der Waals surface area contributed by atoms with E-state index in [1.165, 1.54) is 0 Å². The molecule has 0 fully saturated rings. The molecular formula is C12H15NO3. The zero-order valence-electron chi connectivity index (χ0n) is 9.45. The molecule has 0 aliphatic carbocycles. The molecule has 1 unspecified atom stereocenters. The number of hydrogen-bond donors (Lipinski definition) is 1. The molecular weight excluding hydrogens is 206 g/mol. The van der Waals surface area contributed by atoms with Gasteiger partial charge in [0.2, 0.25) is 0 Å². The van der Waals surface area contributed by atoms with E-state index in [1.54, 1.807) is 7.11 Å². The number of rotatable bonds is 3. The van der Waals surface area contributed by atoms with Gasteiger partial charge < -0.3 is 14.8 Å². The molecule has 1 aromatic carbocycles. The number of nitrogens with one attached hydrogen (secondary N) is 1. The number of fused-ring (bicyclic) bond motifs is 1. The minimum Gasteiger partial charge on any atom is -0.497 e. The number of carbonyl (C=O) groups is 1. The van der Waals surface area contributed by atoms with Gasteiger partial charge in [-0.1, -0.05) is 6.07 Å². The maximum absolute atomic E-state index is 11.6. The van der Waals surface area contributed by atoms with E-state index >= 15 is 0 Å². The summed E-state index contributed by atoms with van der Waals surface area (Å²) in [5, 5.41) is 3.14. The van der Waals surface area contributed by atoms with Gasteiger partial charge in [0.15, 0.2) is 0 Å². The second kappa shape index (κ2) is 4.43. The summed E-state index contributed by atoms with van der Waals surface area (Å²) in [4.78, 5) is 11.6. The predicted molar refractivity (Wildman–Crippen MR) is 60.7 cm³/mol. The second-order valence-corrected chi connectivity index (χ2v) is 3.68. The Balaban J connectivity index is 2.11. The van der Waals surface area contributed by atoms with Gasteiger partial charge >= 0.3 is 5.97 Å². The molecule has 16 heavy (non-hydrogen) atoms. The summed E-state index contributed by atoms with van der Waals surface area (Å²) in [6.07, 6.45) is 0.679. The molecule has 0 spiro atoms. The summed E-state index contributed by atoms with van der Waals surface area (Å²) >= 11 is 0. The van der Waals surface area contributed by atoms with E-state index in [0.717, 1.165) is 17.0 Å². The number of benzene rings is 1. The molecule has 0 saturated carbocycles. The van der Waals surface area contributed by atoms with Crippen molar-refractivity contribution in [2.24, 2.45) is 0 Å². The molecule has 0 saturated heterocycles. The molecule has 1 aliphatic heterocycles. The molecule has 2 rings (SSSR count). The lowest BCUT2D eigenvalue weighted by Gasteiger charge is -2.09. The van der Waals surface area contributed by atoms with E-state index in [9.17, 15) is 4.79 Å². The smallest absolute Gasteiger partial charge is 0.328 e. The Labute approximate surface area is 94.6 Å². The molecule has 0 amide bonds. The van der Waals surface area contributed by atoms with Gasteiger partial charge in [-0.3, -0.25) is 0 Å². The van der Waals surface area contributed by atoms with Crippen molar-refractivity contribution in [2.45, 2.75) is 19.4 Å². The molecule has 0 radical (unpaired) electrons. The molecule has 0 bridgehead atoms. The van der Waals surface area contributed by atoms with Crippen LogP contribution in [-0.2, 0) is 16.0 Å². The van der Waals surface area contributed by atoms with Crippen LogP contribution < -0.4 is 10.1 Å². The van der Waals surface area contributed by atoms with Crippen molar-refractivity contribution < 1.29 is 14.3 Å². The monoisotopic (exact) mass is 221 g/mol. The van der Waals surface area contributed by atoms with Crippen molar-refractivity contribution in [3.63, 3.8) is 0 Å². The van der Waals surface area contributed by atoms with Crippen molar-refractivity contribution in [1.29, 1.82) is 0 Å². The molecule has 1 N–H and O–H groups in total. The first-order chi connectivity index (χ1) is 7.74. The average Bonchev–Trinajstić information content (AvgIpc) is 2.71. The van der Waals surface area contributed by atoms with Crippen molar-refractivity contribution >= 4 is 11.7 Å². The van der Waals surface area contributed by atoms with Gasteiger partial charge in [-0.05, 0) is 18.6 Å². The molecule has 86 valence electrons. The standard InChI is InChI=1S/C12H15NO3/c1-3-16-12(14)11-6-8-4-5-9(15-2)7-10(8)13-11/h4-5,7,11,13H,3,6H2,1-2H3. The van der Waals surface area contributed by atoms with E-state index in [4.69, 9.17) is 9.47 Å². The number of hydrogen-bond acceptors (Lipinski definition) is 4. The first-order valence-electron chi connectivity index (χ1n) is 5.34. The highest BCUT2D eigenvalue weighted by atomic mass is 16.5. The number of carbonyl (C=O) groups excluding carboxylic acids is 1. The fourth-order valence-corrected chi connectivity index (χ4v) is 1.84. The maximum atomic E-state index is 11.6. The van der Waals surface area contributed by atoms with Gasteiger partial charge in [0.05, 0.1) is 13.7 Å². The van der Waals surface area contributed by atoms with Crippen molar-refractivity contribution in [1.82, 2.24) is 0 Å². The van der Waals surface area contributed by atoms with Crippen molar-refractivity contribution in [3.8, 4) is 5.75 Å². The summed E-state index contributed by atoms with van der Waals surface area (Å²) < 4.78 is 10.1. The fraction of sp³-hybridized carbons (Fsp3) is 0.417. The molecule has 1 atom stereocenters. The molecule has 1 aromatic rings.